The molecule has 6 nitrogen and oxygen atoms in total. The number of anilines is 2. The van der Waals surface area contributed by atoms with Gasteiger partial charge in [0, 0.05) is 16.9 Å². The van der Waals surface area contributed by atoms with Crippen LogP contribution in [0.15, 0.2) is 78.0 Å². The summed E-state index contributed by atoms with van der Waals surface area (Å²) in [7, 11) is 0. The fraction of sp³-hybridized carbons (Fsp3) is 0. The van der Waals surface area contributed by atoms with Crippen molar-refractivity contribution in [3.05, 3.63) is 83.9 Å². The lowest BCUT2D eigenvalue weighted by atomic mass is 10.1. The van der Waals surface area contributed by atoms with Gasteiger partial charge in [0.15, 0.2) is 0 Å². The molecule has 0 atom stereocenters. The van der Waals surface area contributed by atoms with Gasteiger partial charge in [-0.25, -0.2) is 0 Å². The van der Waals surface area contributed by atoms with E-state index in [1.54, 1.807) is 48.5 Å². The third-order valence-electron chi connectivity index (χ3n) is 3.78. The number of hydrogen-bond acceptors (Lipinski definition) is 5. The maximum absolute atomic E-state index is 13.1. The molecule has 0 bridgehead atoms. The van der Waals surface area contributed by atoms with Crippen molar-refractivity contribution in [2.45, 2.75) is 0 Å². The van der Waals surface area contributed by atoms with E-state index in [-0.39, 0.29) is 17.4 Å². The van der Waals surface area contributed by atoms with E-state index in [1.165, 1.54) is 35.4 Å². The third-order valence-corrected chi connectivity index (χ3v) is 3.78. The number of carbonyl (C=O) groups excluding carboxylic acids is 1. The number of benzene rings is 3. The van der Waals surface area contributed by atoms with E-state index in [4.69, 9.17) is 5.21 Å². The molecule has 0 spiro atoms. The molecule has 6 heteroatoms. The van der Waals surface area contributed by atoms with Gasteiger partial charge in [0.05, 0.1) is 6.21 Å². The van der Waals surface area contributed by atoms with Crippen LogP contribution in [0.25, 0.3) is 0 Å². The number of amides is 1. The average Bonchev–Trinajstić information content (AvgIpc) is 2.66. The van der Waals surface area contributed by atoms with Gasteiger partial charge in [0.25, 0.3) is 5.91 Å². The summed E-state index contributed by atoms with van der Waals surface area (Å²) in [5.41, 5.74) is 2.23. The highest BCUT2D eigenvalue weighted by atomic mass is 16.4. The minimum atomic E-state index is -0.283. The predicted molar refractivity (Wildman–Crippen MR) is 98.5 cm³/mol. The molecule has 0 saturated heterocycles. The van der Waals surface area contributed by atoms with Gasteiger partial charge in [-0.15, -0.1) is 0 Å². The molecule has 0 aliphatic carbocycles. The van der Waals surface area contributed by atoms with Gasteiger partial charge >= 0.3 is 0 Å². The zero-order valence-corrected chi connectivity index (χ0v) is 13.6. The minimum Gasteiger partial charge on any atom is -0.508 e. The summed E-state index contributed by atoms with van der Waals surface area (Å²) in [6, 6.07) is 19.1. The fourth-order valence-corrected chi connectivity index (χ4v) is 2.49. The van der Waals surface area contributed by atoms with E-state index in [0.717, 1.165) is 0 Å². The van der Waals surface area contributed by atoms with Gasteiger partial charge in [-0.05, 0) is 66.2 Å². The number of hydrogen-bond donors (Lipinski definition) is 3. The first-order chi connectivity index (χ1) is 12.6. The van der Waals surface area contributed by atoms with Crippen LogP contribution in [0, 0.1) is 0 Å². The predicted octanol–water partition coefficient (Wildman–Crippen LogP) is 3.88. The fourth-order valence-electron chi connectivity index (χ4n) is 2.49. The van der Waals surface area contributed by atoms with Crippen LogP contribution in [0.5, 0.6) is 11.5 Å². The van der Waals surface area contributed by atoms with Crippen LogP contribution < -0.4 is 4.90 Å². The summed E-state index contributed by atoms with van der Waals surface area (Å²) in [6.07, 6.45) is 1.27. The quantitative estimate of drug-likeness (QED) is 0.379. The lowest BCUT2D eigenvalue weighted by Gasteiger charge is -2.23. The SMILES string of the molecule is O=C(c1ccc(/C=N\O)cc1)N(c1ccc(O)cc1)c1ccc(O)cc1. The molecule has 0 aromatic heterocycles. The van der Waals surface area contributed by atoms with Gasteiger partial charge in [0.2, 0.25) is 0 Å². The Balaban J connectivity index is 2.03. The summed E-state index contributed by atoms with van der Waals surface area (Å²) in [5.74, 6) is -0.0899. The van der Waals surface area contributed by atoms with Crippen LogP contribution in [0.2, 0.25) is 0 Å². The van der Waals surface area contributed by atoms with E-state index in [9.17, 15) is 15.0 Å². The number of carbonyl (C=O) groups is 1. The van der Waals surface area contributed by atoms with Gasteiger partial charge in [-0.3, -0.25) is 9.69 Å². The van der Waals surface area contributed by atoms with E-state index < -0.39 is 0 Å². The number of rotatable bonds is 4. The maximum Gasteiger partial charge on any atom is 0.262 e. The van der Waals surface area contributed by atoms with E-state index in [0.29, 0.717) is 22.5 Å². The molecular formula is C20H16N2O4. The van der Waals surface area contributed by atoms with Crippen molar-refractivity contribution in [2.24, 2.45) is 5.16 Å². The Morgan fingerprint density at radius 3 is 1.65 bits per heavy atom. The highest BCUT2D eigenvalue weighted by Gasteiger charge is 2.20. The molecule has 3 aromatic rings. The van der Waals surface area contributed by atoms with Crippen LogP contribution in [-0.2, 0) is 0 Å². The summed E-state index contributed by atoms with van der Waals surface area (Å²) in [4.78, 5) is 14.6. The topological polar surface area (TPSA) is 93.4 Å². The number of phenols is 2. The lowest BCUT2D eigenvalue weighted by Crippen LogP contribution is -2.25. The molecule has 0 aliphatic heterocycles. The number of phenolic OH excluding ortho intramolecular Hbond substituents is 2. The highest BCUT2D eigenvalue weighted by Crippen LogP contribution is 2.30. The smallest absolute Gasteiger partial charge is 0.262 e. The Morgan fingerprint density at radius 2 is 1.23 bits per heavy atom. The largest absolute Gasteiger partial charge is 0.508 e. The second-order valence-corrected chi connectivity index (χ2v) is 5.54. The van der Waals surface area contributed by atoms with E-state index in [1.807, 2.05) is 0 Å². The molecule has 3 aromatic carbocycles. The Kier molecular flexibility index (Phi) is 4.85. The summed E-state index contributed by atoms with van der Waals surface area (Å²) < 4.78 is 0. The molecule has 0 aliphatic rings. The monoisotopic (exact) mass is 348 g/mol. The zero-order valence-electron chi connectivity index (χ0n) is 13.6. The summed E-state index contributed by atoms with van der Waals surface area (Å²) in [5, 5.41) is 30.6. The molecule has 130 valence electrons. The van der Waals surface area contributed by atoms with Crippen molar-refractivity contribution in [1.82, 2.24) is 0 Å². The van der Waals surface area contributed by atoms with Crippen molar-refractivity contribution < 1.29 is 20.2 Å². The van der Waals surface area contributed by atoms with Crippen LogP contribution in [-0.4, -0.2) is 27.5 Å². The Labute approximate surface area is 149 Å². The average molecular weight is 348 g/mol. The molecule has 0 heterocycles. The second kappa shape index (κ2) is 7.40. The minimum absolute atomic E-state index is 0.0968. The molecule has 0 unspecified atom stereocenters. The molecule has 0 saturated carbocycles. The number of oxime groups is 1. The maximum atomic E-state index is 13.1. The second-order valence-electron chi connectivity index (χ2n) is 5.54. The Hall–Kier alpha value is -3.80. The molecule has 0 radical (unpaired) electrons. The Morgan fingerprint density at radius 1 is 0.769 bits per heavy atom. The normalized spacial score (nSPS) is 10.8. The van der Waals surface area contributed by atoms with Gasteiger partial charge in [-0.2, -0.15) is 0 Å². The van der Waals surface area contributed by atoms with Crippen LogP contribution in [0.3, 0.4) is 0 Å². The van der Waals surface area contributed by atoms with Crippen molar-refractivity contribution in [3.8, 4) is 11.5 Å². The van der Waals surface area contributed by atoms with Crippen molar-refractivity contribution in [1.29, 1.82) is 0 Å². The molecule has 3 N–H and O–H groups in total. The van der Waals surface area contributed by atoms with Crippen molar-refractivity contribution in [3.63, 3.8) is 0 Å². The van der Waals surface area contributed by atoms with Crippen molar-refractivity contribution >= 4 is 23.5 Å². The van der Waals surface area contributed by atoms with Crippen LogP contribution in [0.1, 0.15) is 15.9 Å². The van der Waals surface area contributed by atoms with E-state index in [2.05, 4.69) is 5.16 Å². The van der Waals surface area contributed by atoms with Gasteiger partial charge < -0.3 is 15.4 Å². The summed E-state index contributed by atoms with van der Waals surface area (Å²) >= 11 is 0. The molecular weight excluding hydrogens is 332 g/mol. The third kappa shape index (κ3) is 3.64. The van der Waals surface area contributed by atoms with Crippen LogP contribution >= 0.6 is 0 Å². The first-order valence-corrected chi connectivity index (χ1v) is 7.78. The first kappa shape index (κ1) is 17.0. The molecule has 26 heavy (non-hydrogen) atoms. The highest BCUT2D eigenvalue weighted by molar-refractivity contribution is 6.11. The standard InChI is InChI=1S/C20H16N2O4/c23-18-9-5-16(6-10-18)22(17-7-11-19(24)12-8-17)20(25)15-3-1-14(2-4-15)13-21-26/h1-13,23-24,26H/b21-13-. The van der Waals surface area contributed by atoms with Gasteiger partial charge in [0.1, 0.15) is 11.5 Å². The molecule has 3 rings (SSSR count). The Bertz CT molecular complexity index is 872. The summed E-state index contributed by atoms with van der Waals surface area (Å²) in [6.45, 7) is 0. The zero-order chi connectivity index (χ0) is 18.5. The number of nitrogens with zero attached hydrogens (tertiary/aromatic N) is 2. The van der Waals surface area contributed by atoms with E-state index >= 15 is 0 Å². The molecule has 1 amide bonds. The first-order valence-electron chi connectivity index (χ1n) is 7.78. The molecule has 0 fully saturated rings. The number of aromatic hydroxyl groups is 2. The van der Waals surface area contributed by atoms with Gasteiger partial charge in [-0.1, -0.05) is 17.3 Å². The van der Waals surface area contributed by atoms with Crippen molar-refractivity contribution in [2.75, 3.05) is 4.90 Å². The lowest BCUT2D eigenvalue weighted by molar-refractivity contribution is 0.0999. The van der Waals surface area contributed by atoms with Crippen LogP contribution in [0.4, 0.5) is 11.4 Å².